The van der Waals surface area contributed by atoms with Crippen LogP contribution in [0.15, 0.2) is 0 Å². The summed E-state index contributed by atoms with van der Waals surface area (Å²) in [6.07, 6.45) is -1.41. The highest BCUT2D eigenvalue weighted by Gasteiger charge is 2.37. The Morgan fingerprint density at radius 2 is 1.27 bits per heavy atom. The topological polar surface area (TPSA) is 49.7 Å². The van der Waals surface area contributed by atoms with Crippen LogP contribution in [0.4, 0.5) is 0 Å². The van der Waals surface area contributed by atoms with Crippen LogP contribution in [-0.2, 0) is 4.74 Å². The molecule has 0 aliphatic carbocycles. The highest BCUT2D eigenvalue weighted by molar-refractivity contribution is 4.85. The molecule has 0 aromatic rings. The zero-order valence-corrected chi connectivity index (χ0v) is 7.19. The maximum atomic E-state index is 9.45. The van der Waals surface area contributed by atoms with E-state index in [-0.39, 0.29) is 18.1 Å². The third-order valence-electron chi connectivity index (χ3n) is 2.47. The molecule has 11 heavy (non-hydrogen) atoms. The summed E-state index contributed by atoms with van der Waals surface area (Å²) < 4.78 is 5.28. The quantitative estimate of drug-likeness (QED) is 0.530. The first kappa shape index (κ1) is 8.97. The number of aliphatic hydroxyl groups is 2. The van der Waals surface area contributed by atoms with Crippen LogP contribution in [0.5, 0.6) is 0 Å². The highest BCUT2D eigenvalue weighted by atomic mass is 16.5. The highest BCUT2D eigenvalue weighted by Crippen LogP contribution is 2.24. The fourth-order valence-electron chi connectivity index (χ4n) is 1.56. The smallest absolute Gasteiger partial charge is 0.0850 e. The van der Waals surface area contributed by atoms with Gasteiger partial charge in [-0.05, 0) is 13.8 Å². The maximum absolute atomic E-state index is 9.45. The standard InChI is InChI=1S/C8H16O3/c1-4-7(9)5(2)11-6(3)8(4)10/h4-10H,1-3H3/t4?,5-,6?,7-,8-/m0/s1. The van der Waals surface area contributed by atoms with Gasteiger partial charge >= 0.3 is 0 Å². The summed E-state index contributed by atoms with van der Waals surface area (Å²) in [7, 11) is 0. The zero-order valence-electron chi connectivity index (χ0n) is 7.19. The summed E-state index contributed by atoms with van der Waals surface area (Å²) in [5.41, 5.74) is 0. The molecule has 3 nitrogen and oxygen atoms in total. The van der Waals surface area contributed by atoms with E-state index in [4.69, 9.17) is 4.74 Å². The Balaban J connectivity index is 2.63. The van der Waals surface area contributed by atoms with E-state index >= 15 is 0 Å². The molecule has 3 heteroatoms. The third kappa shape index (κ3) is 1.55. The zero-order chi connectivity index (χ0) is 8.59. The second-order valence-electron chi connectivity index (χ2n) is 3.39. The van der Waals surface area contributed by atoms with Crippen molar-refractivity contribution in [3.05, 3.63) is 0 Å². The minimum atomic E-state index is -0.541. The molecule has 1 aliphatic rings. The molecule has 0 amide bonds. The average Bonchev–Trinajstić information content (AvgIpc) is 1.97. The van der Waals surface area contributed by atoms with Crippen molar-refractivity contribution < 1.29 is 14.9 Å². The Hall–Kier alpha value is -0.120. The normalized spacial score (nSPS) is 52.6. The predicted molar refractivity (Wildman–Crippen MR) is 41.2 cm³/mol. The molecule has 0 saturated carbocycles. The van der Waals surface area contributed by atoms with Gasteiger partial charge in [0.1, 0.15) is 0 Å². The van der Waals surface area contributed by atoms with E-state index in [9.17, 15) is 10.2 Å². The molecule has 1 saturated heterocycles. The Morgan fingerprint density at radius 3 is 1.64 bits per heavy atom. The largest absolute Gasteiger partial charge is 0.390 e. The van der Waals surface area contributed by atoms with Crippen LogP contribution in [0.2, 0.25) is 0 Å². The van der Waals surface area contributed by atoms with Crippen LogP contribution >= 0.6 is 0 Å². The van der Waals surface area contributed by atoms with E-state index in [2.05, 4.69) is 0 Å². The monoisotopic (exact) mass is 160 g/mol. The number of aliphatic hydroxyl groups excluding tert-OH is 2. The molecule has 0 spiro atoms. The molecule has 1 fully saturated rings. The van der Waals surface area contributed by atoms with Gasteiger partial charge in [0.2, 0.25) is 0 Å². The number of rotatable bonds is 0. The van der Waals surface area contributed by atoms with Crippen LogP contribution in [0.25, 0.3) is 0 Å². The van der Waals surface area contributed by atoms with Gasteiger partial charge in [0.25, 0.3) is 0 Å². The summed E-state index contributed by atoms with van der Waals surface area (Å²) in [5.74, 6) is -0.0891. The van der Waals surface area contributed by atoms with Gasteiger partial charge in [-0.2, -0.15) is 0 Å². The van der Waals surface area contributed by atoms with Crippen LogP contribution in [-0.4, -0.2) is 34.6 Å². The third-order valence-corrected chi connectivity index (χ3v) is 2.47. The molecular formula is C8H16O3. The van der Waals surface area contributed by atoms with Gasteiger partial charge in [-0.15, -0.1) is 0 Å². The number of hydrogen-bond donors (Lipinski definition) is 2. The number of ether oxygens (including phenoxy) is 1. The van der Waals surface area contributed by atoms with Crippen molar-refractivity contribution in [2.75, 3.05) is 0 Å². The van der Waals surface area contributed by atoms with E-state index in [1.165, 1.54) is 0 Å². The van der Waals surface area contributed by atoms with Gasteiger partial charge in [0, 0.05) is 5.92 Å². The lowest BCUT2D eigenvalue weighted by Crippen LogP contribution is -2.50. The van der Waals surface area contributed by atoms with Gasteiger partial charge in [-0.3, -0.25) is 0 Å². The predicted octanol–water partition coefficient (Wildman–Crippen LogP) is 0.152. The van der Waals surface area contributed by atoms with Crippen LogP contribution < -0.4 is 0 Å². The first-order valence-corrected chi connectivity index (χ1v) is 4.05. The average molecular weight is 160 g/mol. The Labute approximate surface area is 67.0 Å². The molecule has 0 radical (unpaired) electrons. The second-order valence-corrected chi connectivity index (χ2v) is 3.39. The van der Waals surface area contributed by atoms with Crippen LogP contribution in [0, 0.1) is 5.92 Å². The van der Waals surface area contributed by atoms with Crippen molar-refractivity contribution in [1.82, 2.24) is 0 Å². The molecule has 66 valence electrons. The van der Waals surface area contributed by atoms with Crippen molar-refractivity contribution in [2.45, 2.75) is 45.2 Å². The molecule has 1 rings (SSSR count). The van der Waals surface area contributed by atoms with Gasteiger partial charge in [-0.1, -0.05) is 6.92 Å². The second kappa shape index (κ2) is 3.09. The lowest BCUT2D eigenvalue weighted by atomic mass is 9.89. The van der Waals surface area contributed by atoms with Crippen LogP contribution in [0.1, 0.15) is 20.8 Å². The lowest BCUT2D eigenvalue weighted by molar-refractivity contribution is -0.183. The molecular weight excluding hydrogens is 144 g/mol. The summed E-state index contributed by atoms with van der Waals surface area (Å²) >= 11 is 0. The van der Waals surface area contributed by atoms with Crippen molar-refractivity contribution in [3.8, 4) is 0 Å². The first-order chi connectivity index (χ1) is 5.04. The van der Waals surface area contributed by atoms with Gasteiger partial charge < -0.3 is 14.9 Å². The Morgan fingerprint density at radius 1 is 0.909 bits per heavy atom. The van der Waals surface area contributed by atoms with Crippen molar-refractivity contribution in [2.24, 2.45) is 5.92 Å². The van der Waals surface area contributed by atoms with E-state index in [0.717, 1.165) is 0 Å². The molecule has 2 N–H and O–H groups in total. The van der Waals surface area contributed by atoms with E-state index in [1.807, 2.05) is 20.8 Å². The van der Waals surface area contributed by atoms with Crippen molar-refractivity contribution in [3.63, 3.8) is 0 Å². The van der Waals surface area contributed by atoms with Crippen molar-refractivity contribution >= 4 is 0 Å². The fourth-order valence-corrected chi connectivity index (χ4v) is 1.56. The Bertz CT molecular complexity index is 123. The van der Waals surface area contributed by atoms with Gasteiger partial charge in [0.15, 0.2) is 0 Å². The summed E-state index contributed by atoms with van der Waals surface area (Å²) in [6.45, 7) is 5.48. The molecule has 2 unspecified atom stereocenters. The molecule has 1 heterocycles. The van der Waals surface area contributed by atoms with E-state index in [1.54, 1.807) is 0 Å². The number of hydrogen-bond acceptors (Lipinski definition) is 3. The summed E-state index contributed by atoms with van der Waals surface area (Å²) in [5, 5.41) is 18.9. The lowest BCUT2D eigenvalue weighted by Gasteiger charge is -2.38. The SMILES string of the molecule is CC1O[C@@H](C)[C@@H](O)C(C)[C@@H]1O. The fraction of sp³-hybridized carbons (Fsp3) is 1.00. The molecule has 0 aromatic carbocycles. The summed E-state index contributed by atoms with van der Waals surface area (Å²) in [4.78, 5) is 0. The molecule has 1 aliphatic heterocycles. The first-order valence-electron chi connectivity index (χ1n) is 4.05. The van der Waals surface area contributed by atoms with Gasteiger partial charge in [0.05, 0.1) is 24.4 Å². The Kier molecular flexibility index (Phi) is 2.52. The summed E-state index contributed by atoms with van der Waals surface area (Å²) in [6, 6.07) is 0. The molecule has 0 aromatic heterocycles. The van der Waals surface area contributed by atoms with Crippen molar-refractivity contribution in [1.29, 1.82) is 0 Å². The van der Waals surface area contributed by atoms with Gasteiger partial charge in [-0.25, -0.2) is 0 Å². The molecule has 5 atom stereocenters. The van der Waals surface area contributed by atoms with Crippen LogP contribution in [0.3, 0.4) is 0 Å². The van der Waals surface area contributed by atoms with E-state index < -0.39 is 12.2 Å². The minimum Gasteiger partial charge on any atom is -0.390 e. The van der Waals surface area contributed by atoms with E-state index in [0.29, 0.717) is 0 Å². The molecule has 0 bridgehead atoms. The minimum absolute atomic E-state index is 0.0891. The maximum Gasteiger partial charge on any atom is 0.0850 e.